The molecule has 0 aliphatic carbocycles. The summed E-state index contributed by atoms with van der Waals surface area (Å²) in [5, 5.41) is 2.99. The second-order valence-electron chi connectivity index (χ2n) is 4.54. The number of anilines is 1. The van der Waals surface area contributed by atoms with Crippen LogP contribution in [0.25, 0.3) is 0 Å². The van der Waals surface area contributed by atoms with Crippen LogP contribution in [0.3, 0.4) is 0 Å². The highest BCUT2D eigenvalue weighted by atomic mass is 32.2. The summed E-state index contributed by atoms with van der Waals surface area (Å²) >= 11 is 0. The van der Waals surface area contributed by atoms with Crippen molar-refractivity contribution < 1.29 is 13.2 Å². The van der Waals surface area contributed by atoms with Crippen LogP contribution < -0.4 is 10.1 Å². The molecule has 0 aromatic carbocycles. The Kier molecular flexibility index (Phi) is 5.56. The smallest absolute Gasteiger partial charge is 0.215 e. The average molecular weight is 287 g/mol. The van der Waals surface area contributed by atoms with Crippen LogP contribution in [0, 0.1) is 0 Å². The van der Waals surface area contributed by atoms with Crippen LogP contribution >= 0.6 is 0 Å². The molecule has 0 saturated carbocycles. The van der Waals surface area contributed by atoms with Gasteiger partial charge in [-0.15, -0.1) is 0 Å². The molecule has 1 aromatic heterocycles. The molecule has 0 saturated heterocycles. The van der Waals surface area contributed by atoms with Gasteiger partial charge in [-0.25, -0.2) is 17.7 Å². The lowest BCUT2D eigenvalue weighted by Crippen LogP contribution is -2.28. The largest absolute Gasteiger partial charge is 0.487 e. The SMILES string of the molecule is CC(C)Oc1cccnc1NCCS(=O)(=O)N(C)C. The number of rotatable bonds is 7. The fourth-order valence-electron chi connectivity index (χ4n) is 1.35. The van der Waals surface area contributed by atoms with E-state index in [0.29, 0.717) is 11.6 Å². The lowest BCUT2D eigenvalue weighted by Gasteiger charge is -2.15. The van der Waals surface area contributed by atoms with Crippen molar-refractivity contribution in [3.05, 3.63) is 18.3 Å². The second-order valence-corrected chi connectivity index (χ2v) is 6.84. The van der Waals surface area contributed by atoms with Gasteiger partial charge in [-0.05, 0) is 26.0 Å². The highest BCUT2D eigenvalue weighted by molar-refractivity contribution is 7.89. The second kappa shape index (κ2) is 6.72. The summed E-state index contributed by atoms with van der Waals surface area (Å²) in [5.74, 6) is 1.20. The Bertz CT molecular complexity index is 501. The molecule has 0 aliphatic rings. The first-order chi connectivity index (χ1) is 8.83. The summed E-state index contributed by atoms with van der Waals surface area (Å²) < 4.78 is 30.0. The van der Waals surface area contributed by atoms with E-state index in [9.17, 15) is 8.42 Å². The van der Waals surface area contributed by atoms with Crippen molar-refractivity contribution in [3.8, 4) is 5.75 Å². The monoisotopic (exact) mass is 287 g/mol. The molecule has 1 rings (SSSR count). The van der Waals surface area contributed by atoms with Gasteiger partial charge in [0.25, 0.3) is 0 Å². The summed E-state index contributed by atoms with van der Waals surface area (Å²) in [5.41, 5.74) is 0. The first kappa shape index (κ1) is 15.7. The molecule has 6 nitrogen and oxygen atoms in total. The maximum Gasteiger partial charge on any atom is 0.215 e. The van der Waals surface area contributed by atoms with Gasteiger partial charge in [-0.3, -0.25) is 0 Å². The molecule has 0 atom stereocenters. The lowest BCUT2D eigenvalue weighted by atomic mass is 10.4. The Morgan fingerprint density at radius 3 is 2.68 bits per heavy atom. The van der Waals surface area contributed by atoms with E-state index in [1.165, 1.54) is 18.4 Å². The average Bonchev–Trinajstić information content (AvgIpc) is 2.30. The minimum atomic E-state index is -3.20. The molecule has 0 radical (unpaired) electrons. The molecule has 0 bridgehead atoms. The summed E-state index contributed by atoms with van der Waals surface area (Å²) in [6, 6.07) is 3.58. The first-order valence-electron chi connectivity index (χ1n) is 6.08. The summed E-state index contributed by atoms with van der Waals surface area (Å²) in [6.45, 7) is 4.13. The number of hydrogen-bond donors (Lipinski definition) is 1. The Morgan fingerprint density at radius 2 is 2.11 bits per heavy atom. The Labute approximate surface area is 114 Å². The van der Waals surface area contributed by atoms with Crippen molar-refractivity contribution in [1.29, 1.82) is 0 Å². The van der Waals surface area contributed by atoms with Crippen molar-refractivity contribution >= 4 is 15.8 Å². The van der Waals surface area contributed by atoms with E-state index < -0.39 is 10.0 Å². The van der Waals surface area contributed by atoms with Crippen molar-refractivity contribution in [2.24, 2.45) is 0 Å². The lowest BCUT2D eigenvalue weighted by molar-refractivity contribution is 0.243. The Hall–Kier alpha value is -1.34. The summed E-state index contributed by atoms with van der Waals surface area (Å²) in [6.07, 6.45) is 1.67. The van der Waals surface area contributed by atoms with Crippen LogP contribution in [0.15, 0.2) is 18.3 Å². The maximum atomic E-state index is 11.6. The van der Waals surface area contributed by atoms with E-state index in [1.807, 2.05) is 13.8 Å². The molecule has 1 heterocycles. The van der Waals surface area contributed by atoms with Crippen molar-refractivity contribution in [2.75, 3.05) is 31.7 Å². The minimum Gasteiger partial charge on any atom is -0.487 e. The van der Waals surface area contributed by atoms with E-state index in [2.05, 4.69) is 10.3 Å². The van der Waals surface area contributed by atoms with Crippen molar-refractivity contribution in [3.63, 3.8) is 0 Å². The van der Waals surface area contributed by atoms with Gasteiger partial charge in [-0.2, -0.15) is 0 Å². The van der Waals surface area contributed by atoms with Crippen LogP contribution in [-0.4, -0.2) is 50.2 Å². The predicted molar refractivity (Wildman–Crippen MR) is 76.0 cm³/mol. The van der Waals surface area contributed by atoms with Crippen LogP contribution in [-0.2, 0) is 10.0 Å². The van der Waals surface area contributed by atoms with Gasteiger partial charge >= 0.3 is 0 Å². The minimum absolute atomic E-state index is 0.0116. The zero-order chi connectivity index (χ0) is 14.5. The topological polar surface area (TPSA) is 71.5 Å². The number of nitrogens with one attached hydrogen (secondary N) is 1. The Balaban J connectivity index is 2.63. The van der Waals surface area contributed by atoms with E-state index in [1.54, 1.807) is 18.3 Å². The van der Waals surface area contributed by atoms with Crippen LogP contribution in [0.2, 0.25) is 0 Å². The first-order valence-corrected chi connectivity index (χ1v) is 7.69. The molecule has 1 N–H and O–H groups in total. The summed E-state index contributed by atoms with van der Waals surface area (Å²) in [4.78, 5) is 4.15. The van der Waals surface area contributed by atoms with E-state index in [4.69, 9.17) is 4.74 Å². The third-order valence-corrected chi connectivity index (χ3v) is 4.17. The van der Waals surface area contributed by atoms with E-state index in [0.717, 1.165) is 0 Å². The predicted octanol–water partition coefficient (Wildman–Crippen LogP) is 1.17. The van der Waals surface area contributed by atoms with E-state index >= 15 is 0 Å². The molecule has 0 spiro atoms. The van der Waals surface area contributed by atoms with Gasteiger partial charge in [0.05, 0.1) is 11.9 Å². The highest BCUT2D eigenvalue weighted by Gasteiger charge is 2.13. The quantitative estimate of drug-likeness (QED) is 0.815. The molecule has 1 aromatic rings. The van der Waals surface area contributed by atoms with Crippen LogP contribution in [0.4, 0.5) is 5.82 Å². The molecular formula is C12H21N3O3S. The van der Waals surface area contributed by atoms with Crippen LogP contribution in [0.1, 0.15) is 13.8 Å². The number of hydrogen-bond acceptors (Lipinski definition) is 5. The van der Waals surface area contributed by atoms with Gasteiger partial charge in [0.2, 0.25) is 10.0 Å². The molecule has 19 heavy (non-hydrogen) atoms. The number of aromatic nitrogens is 1. The van der Waals surface area contributed by atoms with Gasteiger partial charge in [-0.1, -0.05) is 0 Å². The van der Waals surface area contributed by atoms with E-state index in [-0.39, 0.29) is 18.4 Å². The molecule has 108 valence electrons. The molecule has 7 heteroatoms. The fraction of sp³-hybridized carbons (Fsp3) is 0.583. The number of pyridine rings is 1. The van der Waals surface area contributed by atoms with Gasteiger partial charge < -0.3 is 10.1 Å². The molecule has 0 unspecified atom stereocenters. The van der Waals surface area contributed by atoms with Gasteiger partial charge in [0, 0.05) is 26.8 Å². The number of nitrogens with zero attached hydrogens (tertiary/aromatic N) is 2. The maximum absolute atomic E-state index is 11.6. The van der Waals surface area contributed by atoms with Gasteiger partial charge in [0.15, 0.2) is 11.6 Å². The van der Waals surface area contributed by atoms with Gasteiger partial charge in [0.1, 0.15) is 0 Å². The number of ether oxygens (including phenoxy) is 1. The standard InChI is InChI=1S/C12H21N3O3S/c1-10(2)18-11-6-5-7-13-12(11)14-8-9-19(16,17)15(3)4/h5-7,10H,8-9H2,1-4H3,(H,13,14). The normalized spacial score (nSPS) is 11.9. The summed E-state index contributed by atoms with van der Waals surface area (Å²) in [7, 11) is -0.167. The molecule has 0 fully saturated rings. The third kappa shape index (κ3) is 5.04. The van der Waals surface area contributed by atoms with Crippen molar-refractivity contribution in [2.45, 2.75) is 20.0 Å². The van der Waals surface area contributed by atoms with Crippen LogP contribution in [0.5, 0.6) is 5.75 Å². The molecule has 0 amide bonds. The highest BCUT2D eigenvalue weighted by Crippen LogP contribution is 2.21. The zero-order valence-electron chi connectivity index (χ0n) is 11.8. The van der Waals surface area contributed by atoms with Crippen molar-refractivity contribution in [1.82, 2.24) is 9.29 Å². The zero-order valence-corrected chi connectivity index (χ0v) is 12.6. The molecule has 0 aliphatic heterocycles. The number of sulfonamides is 1. The Morgan fingerprint density at radius 1 is 1.42 bits per heavy atom. The molecular weight excluding hydrogens is 266 g/mol. The fourth-order valence-corrected chi connectivity index (χ4v) is 2.08. The third-order valence-electron chi connectivity index (χ3n) is 2.34.